The third-order valence-electron chi connectivity index (χ3n) is 3.08. The lowest BCUT2D eigenvalue weighted by Crippen LogP contribution is -2.31. The molecule has 0 radical (unpaired) electrons. The predicted molar refractivity (Wildman–Crippen MR) is 80.8 cm³/mol. The molecule has 0 aliphatic carbocycles. The Hall–Kier alpha value is -3.21. The summed E-state index contributed by atoms with van der Waals surface area (Å²) in [6.45, 7) is 1.93. The SMILES string of the molecule is CC1CC(=O)NN=C1c1ccc(N/N=C(\C#N)C(N)=O)cc1. The van der Waals surface area contributed by atoms with Crippen LogP contribution in [0.2, 0.25) is 0 Å². The van der Waals surface area contributed by atoms with E-state index in [9.17, 15) is 9.59 Å². The van der Waals surface area contributed by atoms with Crippen molar-refractivity contribution in [3.05, 3.63) is 29.8 Å². The Balaban J connectivity index is 2.13. The van der Waals surface area contributed by atoms with Crippen molar-refractivity contribution in [2.45, 2.75) is 13.3 Å². The summed E-state index contributed by atoms with van der Waals surface area (Å²) in [5.41, 5.74) is 11.9. The van der Waals surface area contributed by atoms with Crippen LogP contribution < -0.4 is 16.6 Å². The van der Waals surface area contributed by atoms with Crippen molar-refractivity contribution in [3.63, 3.8) is 0 Å². The number of hydrogen-bond donors (Lipinski definition) is 3. The van der Waals surface area contributed by atoms with Crippen molar-refractivity contribution < 1.29 is 9.59 Å². The molecule has 22 heavy (non-hydrogen) atoms. The lowest BCUT2D eigenvalue weighted by molar-refractivity contribution is -0.121. The quantitative estimate of drug-likeness (QED) is 0.545. The number of amides is 2. The van der Waals surface area contributed by atoms with E-state index in [1.165, 1.54) is 0 Å². The maximum atomic E-state index is 11.2. The fraction of sp³-hybridized carbons (Fsp3) is 0.214. The molecule has 0 saturated heterocycles. The highest BCUT2D eigenvalue weighted by Gasteiger charge is 2.21. The predicted octanol–water partition coefficient (Wildman–Crippen LogP) is 0.323. The van der Waals surface area contributed by atoms with Crippen molar-refractivity contribution >= 4 is 28.9 Å². The van der Waals surface area contributed by atoms with Crippen LogP contribution in [0.5, 0.6) is 0 Å². The number of nitriles is 1. The third-order valence-corrected chi connectivity index (χ3v) is 3.08. The number of benzene rings is 1. The Morgan fingerprint density at radius 1 is 1.50 bits per heavy atom. The number of hydrogen-bond acceptors (Lipinski definition) is 6. The molecule has 1 aromatic rings. The first-order valence-electron chi connectivity index (χ1n) is 6.51. The van der Waals surface area contributed by atoms with Gasteiger partial charge < -0.3 is 5.73 Å². The van der Waals surface area contributed by atoms with E-state index in [0.29, 0.717) is 12.1 Å². The van der Waals surface area contributed by atoms with Gasteiger partial charge in [0.1, 0.15) is 6.07 Å². The van der Waals surface area contributed by atoms with Crippen molar-refractivity contribution in [1.82, 2.24) is 5.43 Å². The molecule has 2 rings (SSSR count). The number of carbonyl (C=O) groups excluding carboxylic acids is 2. The largest absolute Gasteiger partial charge is 0.364 e. The van der Waals surface area contributed by atoms with Gasteiger partial charge >= 0.3 is 0 Å². The summed E-state index contributed by atoms with van der Waals surface area (Å²) in [6, 6.07) is 8.66. The van der Waals surface area contributed by atoms with Gasteiger partial charge in [0.05, 0.1) is 11.4 Å². The van der Waals surface area contributed by atoms with Crippen LogP contribution in [-0.4, -0.2) is 23.2 Å². The van der Waals surface area contributed by atoms with E-state index in [1.807, 2.05) is 6.92 Å². The van der Waals surface area contributed by atoms with Crippen LogP contribution in [0.1, 0.15) is 18.9 Å². The highest BCUT2D eigenvalue weighted by Crippen LogP contribution is 2.18. The fourth-order valence-electron chi connectivity index (χ4n) is 1.97. The topological polar surface area (TPSA) is 133 Å². The molecule has 0 saturated carbocycles. The number of nitrogens with two attached hydrogens (primary N) is 1. The molecule has 0 bridgehead atoms. The number of carbonyl (C=O) groups is 2. The van der Waals surface area contributed by atoms with Crippen molar-refractivity contribution in [2.75, 3.05) is 5.43 Å². The number of primary amides is 1. The molecule has 0 fully saturated rings. The summed E-state index contributed by atoms with van der Waals surface area (Å²) in [5, 5.41) is 16.4. The average molecular weight is 298 g/mol. The van der Waals surface area contributed by atoms with Crippen LogP contribution in [0.25, 0.3) is 0 Å². The second-order valence-electron chi connectivity index (χ2n) is 4.76. The van der Waals surface area contributed by atoms with Crippen LogP contribution in [0.3, 0.4) is 0 Å². The molecule has 112 valence electrons. The van der Waals surface area contributed by atoms with Gasteiger partial charge in [0.2, 0.25) is 11.6 Å². The van der Waals surface area contributed by atoms with Gasteiger partial charge in [0, 0.05) is 12.3 Å². The van der Waals surface area contributed by atoms with Gasteiger partial charge in [-0.15, -0.1) is 0 Å². The number of rotatable bonds is 4. The smallest absolute Gasteiger partial charge is 0.280 e. The second kappa shape index (κ2) is 6.49. The van der Waals surface area contributed by atoms with E-state index < -0.39 is 11.6 Å². The van der Waals surface area contributed by atoms with Gasteiger partial charge in [-0.25, -0.2) is 5.43 Å². The van der Waals surface area contributed by atoms with Crippen LogP contribution in [0, 0.1) is 17.2 Å². The van der Waals surface area contributed by atoms with Crippen LogP contribution in [-0.2, 0) is 9.59 Å². The summed E-state index contributed by atoms with van der Waals surface area (Å²) in [7, 11) is 0. The standard InChI is InChI=1S/C14H14N6O2/c1-8-6-12(21)19-20-13(8)9-2-4-10(5-3-9)17-18-11(7-15)14(16)22/h2-5,8,17H,6H2,1H3,(H2,16,22)(H,19,21)/b18-11+. The Labute approximate surface area is 126 Å². The summed E-state index contributed by atoms with van der Waals surface area (Å²) in [5.74, 6) is -0.960. The second-order valence-corrected chi connectivity index (χ2v) is 4.76. The highest BCUT2D eigenvalue weighted by molar-refractivity contribution is 6.44. The molecule has 8 heteroatoms. The molecular formula is C14H14N6O2. The fourth-order valence-corrected chi connectivity index (χ4v) is 1.97. The lowest BCUT2D eigenvalue weighted by Gasteiger charge is -2.19. The Morgan fingerprint density at radius 2 is 2.18 bits per heavy atom. The molecule has 2 amide bonds. The Kier molecular flexibility index (Phi) is 4.48. The van der Waals surface area contributed by atoms with Crippen LogP contribution in [0.4, 0.5) is 5.69 Å². The number of nitrogens with zero attached hydrogens (tertiary/aromatic N) is 3. The van der Waals surface area contributed by atoms with Crippen LogP contribution >= 0.6 is 0 Å². The monoisotopic (exact) mass is 298 g/mol. The molecule has 1 atom stereocenters. The van der Waals surface area contributed by atoms with E-state index in [-0.39, 0.29) is 11.8 Å². The van der Waals surface area contributed by atoms with Gasteiger partial charge in [0.15, 0.2) is 0 Å². The van der Waals surface area contributed by atoms with Crippen molar-refractivity contribution in [3.8, 4) is 6.07 Å². The average Bonchev–Trinajstić information content (AvgIpc) is 2.48. The van der Waals surface area contributed by atoms with E-state index in [1.54, 1.807) is 30.3 Å². The first kappa shape index (κ1) is 15.2. The molecule has 0 aromatic heterocycles. The molecule has 1 heterocycles. The number of hydrazone groups is 2. The molecule has 8 nitrogen and oxygen atoms in total. The third kappa shape index (κ3) is 3.46. The van der Waals surface area contributed by atoms with Crippen LogP contribution in [0.15, 0.2) is 34.5 Å². The molecule has 1 aromatic carbocycles. The molecular weight excluding hydrogens is 284 g/mol. The normalized spacial score (nSPS) is 18.0. The van der Waals surface area contributed by atoms with Gasteiger partial charge in [-0.3, -0.25) is 15.0 Å². The maximum Gasteiger partial charge on any atom is 0.280 e. The van der Waals surface area contributed by atoms with E-state index in [2.05, 4.69) is 21.1 Å². The zero-order valence-corrected chi connectivity index (χ0v) is 11.8. The first-order chi connectivity index (χ1) is 10.5. The van der Waals surface area contributed by atoms with Gasteiger partial charge in [-0.05, 0) is 17.7 Å². The molecule has 1 unspecified atom stereocenters. The maximum absolute atomic E-state index is 11.2. The lowest BCUT2D eigenvalue weighted by atomic mass is 9.94. The highest BCUT2D eigenvalue weighted by atomic mass is 16.2. The summed E-state index contributed by atoms with van der Waals surface area (Å²) in [6.07, 6.45) is 0.396. The minimum atomic E-state index is -0.896. The number of anilines is 1. The summed E-state index contributed by atoms with van der Waals surface area (Å²) < 4.78 is 0. The summed E-state index contributed by atoms with van der Waals surface area (Å²) >= 11 is 0. The van der Waals surface area contributed by atoms with Crippen molar-refractivity contribution in [2.24, 2.45) is 21.9 Å². The molecule has 1 aliphatic rings. The van der Waals surface area contributed by atoms with E-state index >= 15 is 0 Å². The zero-order chi connectivity index (χ0) is 16.1. The van der Waals surface area contributed by atoms with E-state index in [4.69, 9.17) is 11.0 Å². The molecule has 0 spiro atoms. The number of nitrogens with one attached hydrogen (secondary N) is 2. The van der Waals surface area contributed by atoms with E-state index in [0.717, 1.165) is 11.3 Å². The Morgan fingerprint density at radius 3 is 2.73 bits per heavy atom. The first-order valence-corrected chi connectivity index (χ1v) is 6.51. The molecule has 1 aliphatic heterocycles. The Bertz CT molecular complexity index is 699. The van der Waals surface area contributed by atoms with Gasteiger partial charge in [-0.2, -0.15) is 15.5 Å². The molecule has 4 N–H and O–H groups in total. The minimum absolute atomic E-state index is 0.0330. The van der Waals surface area contributed by atoms with Crippen molar-refractivity contribution in [1.29, 1.82) is 5.26 Å². The minimum Gasteiger partial charge on any atom is -0.364 e. The summed E-state index contributed by atoms with van der Waals surface area (Å²) in [4.78, 5) is 22.1. The zero-order valence-electron chi connectivity index (χ0n) is 11.8. The van der Waals surface area contributed by atoms with Gasteiger partial charge in [0.25, 0.3) is 5.91 Å². The van der Waals surface area contributed by atoms with Gasteiger partial charge in [-0.1, -0.05) is 19.1 Å².